The summed E-state index contributed by atoms with van der Waals surface area (Å²) in [4.78, 5) is 13.9. The molecule has 0 unspecified atom stereocenters. The quantitative estimate of drug-likeness (QED) is 0.868. The second kappa shape index (κ2) is 4.78. The third-order valence-corrected chi connectivity index (χ3v) is 3.45. The Hall–Kier alpha value is -1.51. The lowest BCUT2D eigenvalue weighted by Gasteiger charge is -2.28. The molecular formula is C14H19NO2. The SMILES string of the molecule is CCC[C@@H](C(C)=O)N1CCc2c(O)cccc21. The minimum atomic E-state index is -0.0388. The van der Waals surface area contributed by atoms with Crippen LogP contribution in [0, 0.1) is 0 Å². The van der Waals surface area contributed by atoms with Gasteiger partial charge in [-0.1, -0.05) is 19.4 Å². The third kappa shape index (κ3) is 2.14. The molecule has 0 aliphatic carbocycles. The molecule has 1 aliphatic heterocycles. The molecule has 2 rings (SSSR count). The normalized spacial score (nSPS) is 15.8. The number of phenolic OH excluding ortho intramolecular Hbond substituents is 1. The first-order chi connectivity index (χ1) is 8.15. The highest BCUT2D eigenvalue weighted by atomic mass is 16.3. The van der Waals surface area contributed by atoms with E-state index in [1.54, 1.807) is 13.0 Å². The molecule has 1 heterocycles. The lowest BCUT2D eigenvalue weighted by Crippen LogP contribution is -2.39. The summed E-state index contributed by atoms with van der Waals surface area (Å²) in [7, 11) is 0. The second-order valence-electron chi connectivity index (χ2n) is 4.63. The largest absolute Gasteiger partial charge is 0.508 e. The van der Waals surface area contributed by atoms with Gasteiger partial charge in [0.1, 0.15) is 5.75 Å². The standard InChI is InChI=1S/C14H19NO2/c1-3-5-12(10(2)16)15-9-8-11-13(15)6-4-7-14(11)17/h4,6-7,12,17H,3,5,8-9H2,1-2H3/t12-/m0/s1. The van der Waals surface area contributed by atoms with Crippen molar-refractivity contribution >= 4 is 11.5 Å². The highest BCUT2D eigenvalue weighted by Crippen LogP contribution is 2.36. The molecule has 92 valence electrons. The summed E-state index contributed by atoms with van der Waals surface area (Å²) in [5.41, 5.74) is 2.01. The predicted octanol–water partition coefficient (Wildman–Crippen LogP) is 2.51. The number of aromatic hydroxyl groups is 1. The summed E-state index contributed by atoms with van der Waals surface area (Å²) in [6.07, 6.45) is 2.70. The summed E-state index contributed by atoms with van der Waals surface area (Å²) in [6.45, 7) is 4.58. The molecule has 0 amide bonds. The van der Waals surface area contributed by atoms with Crippen LogP contribution in [0.3, 0.4) is 0 Å². The van der Waals surface area contributed by atoms with Gasteiger partial charge in [-0.05, 0) is 31.9 Å². The highest BCUT2D eigenvalue weighted by molar-refractivity contribution is 5.86. The zero-order valence-electron chi connectivity index (χ0n) is 10.4. The van der Waals surface area contributed by atoms with Gasteiger partial charge < -0.3 is 10.0 Å². The molecule has 0 bridgehead atoms. The van der Waals surface area contributed by atoms with Crippen LogP contribution in [-0.2, 0) is 11.2 Å². The number of nitrogens with zero attached hydrogens (tertiary/aromatic N) is 1. The molecule has 3 heteroatoms. The van der Waals surface area contributed by atoms with Crippen LogP contribution in [0.4, 0.5) is 5.69 Å². The number of Topliss-reactive ketones (excluding diaryl/α,β-unsaturated/α-hetero) is 1. The van der Waals surface area contributed by atoms with E-state index in [0.717, 1.165) is 37.1 Å². The van der Waals surface area contributed by atoms with E-state index in [1.165, 1.54) is 0 Å². The minimum Gasteiger partial charge on any atom is -0.508 e. The topological polar surface area (TPSA) is 40.5 Å². The van der Waals surface area contributed by atoms with Crippen molar-refractivity contribution in [3.05, 3.63) is 23.8 Å². The van der Waals surface area contributed by atoms with Crippen molar-refractivity contribution in [2.24, 2.45) is 0 Å². The monoisotopic (exact) mass is 233 g/mol. The second-order valence-corrected chi connectivity index (χ2v) is 4.63. The van der Waals surface area contributed by atoms with Crippen LogP contribution in [0.5, 0.6) is 5.75 Å². The van der Waals surface area contributed by atoms with Crippen molar-refractivity contribution in [3.8, 4) is 5.75 Å². The van der Waals surface area contributed by atoms with Gasteiger partial charge >= 0.3 is 0 Å². The molecule has 0 radical (unpaired) electrons. The van der Waals surface area contributed by atoms with Gasteiger partial charge in [-0.25, -0.2) is 0 Å². The van der Waals surface area contributed by atoms with Crippen LogP contribution >= 0.6 is 0 Å². The van der Waals surface area contributed by atoms with Crippen LogP contribution in [0.25, 0.3) is 0 Å². The number of ketones is 1. The van der Waals surface area contributed by atoms with Crippen LogP contribution in [-0.4, -0.2) is 23.5 Å². The summed E-state index contributed by atoms with van der Waals surface area (Å²) >= 11 is 0. The predicted molar refractivity (Wildman–Crippen MR) is 68.5 cm³/mol. The molecule has 0 fully saturated rings. The molecule has 1 aromatic rings. The first kappa shape index (κ1) is 12.0. The average Bonchev–Trinajstić information content (AvgIpc) is 2.70. The van der Waals surface area contributed by atoms with E-state index in [2.05, 4.69) is 11.8 Å². The average molecular weight is 233 g/mol. The fourth-order valence-corrected chi connectivity index (χ4v) is 2.62. The summed E-state index contributed by atoms with van der Waals surface area (Å²) < 4.78 is 0. The maximum Gasteiger partial charge on any atom is 0.152 e. The number of hydrogen-bond acceptors (Lipinski definition) is 3. The Labute approximate surface area is 102 Å². The Morgan fingerprint density at radius 2 is 2.29 bits per heavy atom. The molecule has 0 saturated heterocycles. The van der Waals surface area contributed by atoms with Gasteiger partial charge in [0, 0.05) is 17.8 Å². The fraction of sp³-hybridized carbons (Fsp3) is 0.500. The van der Waals surface area contributed by atoms with Crippen molar-refractivity contribution in [2.45, 2.75) is 39.2 Å². The highest BCUT2D eigenvalue weighted by Gasteiger charge is 2.29. The lowest BCUT2D eigenvalue weighted by atomic mass is 10.1. The molecule has 1 N–H and O–H groups in total. The van der Waals surface area contributed by atoms with Gasteiger partial charge in [0.05, 0.1) is 6.04 Å². The number of phenols is 1. The van der Waals surface area contributed by atoms with E-state index in [1.807, 2.05) is 12.1 Å². The number of benzene rings is 1. The summed E-state index contributed by atoms with van der Waals surface area (Å²) in [5.74, 6) is 0.562. The zero-order chi connectivity index (χ0) is 12.4. The van der Waals surface area contributed by atoms with Crippen LogP contribution in [0.15, 0.2) is 18.2 Å². The molecule has 3 nitrogen and oxygen atoms in total. The molecule has 1 aliphatic rings. The van der Waals surface area contributed by atoms with Gasteiger partial charge in [-0.2, -0.15) is 0 Å². The van der Waals surface area contributed by atoms with Crippen LogP contribution in [0.1, 0.15) is 32.3 Å². The summed E-state index contributed by atoms with van der Waals surface area (Å²) in [6, 6.07) is 5.51. The number of carbonyl (C=O) groups excluding carboxylic acids is 1. The number of carbonyl (C=O) groups is 1. The van der Waals surface area contributed by atoms with Gasteiger partial charge in [0.25, 0.3) is 0 Å². The summed E-state index contributed by atoms with van der Waals surface area (Å²) in [5, 5.41) is 9.79. The smallest absolute Gasteiger partial charge is 0.152 e. The Morgan fingerprint density at radius 3 is 2.94 bits per heavy atom. The van der Waals surface area contributed by atoms with Gasteiger partial charge in [0.15, 0.2) is 5.78 Å². The van der Waals surface area contributed by atoms with Gasteiger partial charge in [-0.15, -0.1) is 0 Å². The van der Waals surface area contributed by atoms with Crippen molar-refractivity contribution in [1.82, 2.24) is 0 Å². The molecule has 0 aromatic heterocycles. The van der Waals surface area contributed by atoms with E-state index in [0.29, 0.717) is 5.75 Å². The van der Waals surface area contributed by atoms with Crippen molar-refractivity contribution in [1.29, 1.82) is 0 Å². The van der Waals surface area contributed by atoms with Crippen molar-refractivity contribution in [2.75, 3.05) is 11.4 Å². The number of anilines is 1. The Kier molecular flexibility index (Phi) is 3.36. The zero-order valence-corrected chi connectivity index (χ0v) is 10.4. The van der Waals surface area contributed by atoms with E-state index < -0.39 is 0 Å². The maximum atomic E-state index is 11.7. The Balaban J connectivity index is 2.31. The Bertz CT molecular complexity index is 428. The minimum absolute atomic E-state index is 0.0388. The van der Waals surface area contributed by atoms with Crippen LogP contribution < -0.4 is 4.90 Å². The molecule has 1 atom stereocenters. The molecule has 1 aromatic carbocycles. The molecular weight excluding hydrogens is 214 g/mol. The number of fused-ring (bicyclic) bond motifs is 1. The van der Waals surface area contributed by atoms with Crippen LogP contribution in [0.2, 0.25) is 0 Å². The van der Waals surface area contributed by atoms with Gasteiger partial charge in [0.2, 0.25) is 0 Å². The maximum absolute atomic E-state index is 11.7. The first-order valence-electron chi connectivity index (χ1n) is 6.23. The Morgan fingerprint density at radius 1 is 1.53 bits per heavy atom. The van der Waals surface area contributed by atoms with E-state index in [4.69, 9.17) is 0 Å². The van der Waals surface area contributed by atoms with E-state index >= 15 is 0 Å². The van der Waals surface area contributed by atoms with Crippen molar-refractivity contribution < 1.29 is 9.90 Å². The van der Waals surface area contributed by atoms with E-state index in [-0.39, 0.29) is 11.8 Å². The number of hydrogen-bond donors (Lipinski definition) is 1. The van der Waals surface area contributed by atoms with Gasteiger partial charge in [-0.3, -0.25) is 4.79 Å². The fourth-order valence-electron chi connectivity index (χ4n) is 2.62. The van der Waals surface area contributed by atoms with Crippen molar-refractivity contribution in [3.63, 3.8) is 0 Å². The molecule has 0 saturated carbocycles. The first-order valence-corrected chi connectivity index (χ1v) is 6.23. The molecule has 17 heavy (non-hydrogen) atoms. The molecule has 0 spiro atoms. The lowest BCUT2D eigenvalue weighted by molar-refractivity contribution is -0.118. The third-order valence-electron chi connectivity index (χ3n) is 3.45. The number of rotatable bonds is 4. The van der Waals surface area contributed by atoms with E-state index in [9.17, 15) is 9.90 Å².